The average Bonchev–Trinajstić information content (AvgIpc) is 2.34. The molecule has 1 rings (SSSR count). The van der Waals surface area contributed by atoms with Crippen LogP contribution in [0.5, 0.6) is 0 Å². The lowest BCUT2D eigenvalue weighted by Crippen LogP contribution is -2.36. The maximum absolute atomic E-state index is 12.1. The van der Waals surface area contributed by atoms with Crippen molar-refractivity contribution in [3.63, 3.8) is 0 Å². The van der Waals surface area contributed by atoms with Crippen molar-refractivity contribution in [2.45, 2.75) is 24.8 Å². The number of carbonyl (C=O) groups excluding carboxylic acids is 1. The Morgan fingerprint density at radius 3 is 2.62 bits per heavy atom. The molecule has 1 aromatic rings. The molecular formula is C12H14BrCl2NO4S. The zero-order valence-electron chi connectivity index (χ0n) is 11.3. The van der Waals surface area contributed by atoms with Crippen molar-refractivity contribution in [2.75, 3.05) is 13.2 Å². The largest absolute Gasteiger partial charge is 0.380 e. The van der Waals surface area contributed by atoms with Crippen LogP contribution in [-0.2, 0) is 13.8 Å². The highest BCUT2D eigenvalue weighted by Gasteiger charge is 2.21. The second-order valence-corrected chi connectivity index (χ2v) is 8.03. The summed E-state index contributed by atoms with van der Waals surface area (Å²) >= 11 is 9.03. The quantitative estimate of drug-likeness (QED) is 0.720. The zero-order chi connectivity index (χ0) is 16.2. The Balaban J connectivity index is 3.05. The molecule has 0 heterocycles. The predicted molar refractivity (Wildman–Crippen MR) is 85.6 cm³/mol. The Bertz CT molecular complexity index is 636. The fourth-order valence-corrected chi connectivity index (χ4v) is 4.10. The molecular weight excluding hydrogens is 405 g/mol. The normalized spacial score (nSPS) is 13.0. The first-order valence-electron chi connectivity index (χ1n) is 5.99. The van der Waals surface area contributed by atoms with Gasteiger partial charge in [0.25, 0.3) is 15.0 Å². The van der Waals surface area contributed by atoms with E-state index in [2.05, 4.69) is 21.2 Å². The smallest absolute Gasteiger partial charge is 0.262 e. The van der Waals surface area contributed by atoms with Crippen LogP contribution in [0.1, 0.15) is 24.2 Å². The van der Waals surface area contributed by atoms with Gasteiger partial charge in [-0.1, -0.05) is 11.6 Å². The third-order valence-electron chi connectivity index (χ3n) is 2.48. The van der Waals surface area contributed by atoms with Crippen LogP contribution in [0.15, 0.2) is 21.5 Å². The van der Waals surface area contributed by atoms with Gasteiger partial charge in [0.1, 0.15) is 0 Å². The molecule has 0 fully saturated rings. The Labute approximate surface area is 141 Å². The van der Waals surface area contributed by atoms with Gasteiger partial charge in [-0.25, -0.2) is 8.42 Å². The molecule has 1 atom stereocenters. The van der Waals surface area contributed by atoms with Gasteiger partial charge in [0.15, 0.2) is 0 Å². The van der Waals surface area contributed by atoms with Crippen molar-refractivity contribution >= 4 is 53.2 Å². The molecule has 0 aromatic heterocycles. The van der Waals surface area contributed by atoms with Crippen LogP contribution in [0.4, 0.5) is 0 Å². The van der Waals surface area contributed by atoms with Gasteiger partial charge in [-0.3, -0.25) is 4.79 Å². The van der Waals surface area contributed by atoms with Crippen molar-refractivity contribution in [1.29, 1.82) is 0 Å². The van der Waals surface area contributed by atoms with Crippen molar-refractivity contribution in [1.82, 2.24) is 5.32 Å². The van der Waals surface area contributed by atoms with Gasteiger partial charge in [0.2, 0.25) is 0 Å². The van der Waals surface area contributed by atoms with Crippen LogP contribution in [-0.4, -0.2) is 33.6 Å². The summed E-state index contributed by atoms with van der Waals surface area (Å²) in [6.07, 6.45) is 0. The first kappa shape index (κ1) is 18.7. The van der Waals surface area contributed by atoms with Gasteiger partial charge in [0.05, 0.1) is 22.1 Å². The summed E-state index contributed by atoms with van der Waals surface area (Å²) in [4.78, 5) is 11.9. The second-order valence-electron chi connectivity index (χ2n) is 4.23. The van der Waals surface area contributed by atoms with Gasteiger partial charge < -0.3 is 10.1 Å². The third kappa shape index (κ3) is 5.41. The van der Waals surface area contributed by atoms with Gasteiger partial charge >= 0.3 is 0 Å². The molecule has 0 aliphatic carbocycles. The lowest BCUT2D eigenvalue weighted by molar-refractivity contribution is 0.0872. The molecule has 118 valence electrons. The number of hydrogen-bond acceptors (Lipinski definition) is 4. The molecule has 1 amide bonds. The Kier molecular flexibility index (Phi) is 6.93. The van der Waals surface area contributed by atoms with E-state index < -0.39 is 15.0 Å². The van der Waals surface area contributed by atoms with Crippen molar-refractivity contribution in [2.24, 2.45) is 0 Å². The van der Waals surface area contributed by atoms with E-state index in [4.69, 9.17) is 27.0 Å². The summed E-state index contributed by atoms with van der Waals surface area (Å²) in [6, 6.07) is 2.21. The Morgan fingerprint density at radius 2 is 2.10 bits per heavy atom. The summed E-state index contributed by atoms with van der Waals surface area (Å²) in [5.41, 5.74) is 0.0300. The molecule has 0 aliphatic rings. The van der Waals surface area contributed by atoms with Gasteiger partial charge in [0, 0.05) is 27.8 Å². The summed E-state index contributed by atoms with van der Waals surface area (Å²) < 4.78 is 28.3. The van der Waals surface area contributed by atoms with E-state index in [9.17, 15) is 13.2 Å². The molecule has 0 spiro atoms. The van der Waals surface area contributed by atoms with Crippen LogP contribution in [0.3, 0.4) is 0 Å². The molecule has 0 radical (unpaired) electrons. The first-order valence-corrected chi connectivity index (χ1v) is 9.47. The summed E-state index contributed by atoms with van der Waals surface area (Å²) in [5, 5.41) is 2.79. The number of nitrogens with one attached hydrogen (secondary N) is 1. The van der Waals surface area contributed by atoms with E-state index in [1.54, 1.807) is 6.92 Å². The number of rotatable bonds is 6. The number of carbonyl (C=O) groups is 1. The molecule has 9 heteroatoms. The van der Waals surface area contributed by atoms with Crippen LogP contribution >= 0.6 is 38.2 Å². The van der Waals surface area contributed by atoms with E-state index in [1.165, 1.54) is 6.07 Å². The number of amides is 1. The predicted octanol–water partition coefficient (Wildman–Crippen LogP) is 3.18. The van der Waals surface area contributed by atoms with Crippen LogP contribution in [0, 0.1) is 0 Å². The van der Waals surface area contributed by atoms with E-state index in [0.717, 1.165) is 6.07 Å². The molecule has 1 unspecified atom stereocenters. The highest BCUT2D eigenvalue weighted by molar-refractivity contribution is 9.10. The fourth-order valence-electron chi connectivity index (χ4n) is 1.53. The average molecular weight is 419 g/mol. The van der Waals surface area contributed by atoms with E-state index in [1.807, 2.05) is 6.92 Å². The topological polar surface area (TPSA) is 72.5 Å². The van der Waals surface area contributed by atoms with E-state index >= 15 is 0 Å². The zero-order valence-corrected chi connectivity index (χ0v) is 15.2. The number of benzene rings is 1. The number of hydrogen-bond donors (Lipinski definition) is 1. The van der Waals surface area contributed by atoms with Gasteiger partial charge in [-0.15, -0.1) is 0 Å². The molecule has 0 bridgehead atoms. The molecule has 1 N–H and O–H groups in total. The minimum atomic E-state index is -3.99. The van der Waals surface area contributed by atoms with Gasteiger partial charge in [-0.2, -0.15) is 0 Å². The highest BCUT2D eigenvalue weighted by atomic mass is 79.9. The molecule has 0 aliphatic heterocycles. The molecule has 0 saturated carbocycles. The molecule has 0 saturated heterocycles. The van der Waals surface area contributed by atoms with Gasteiger partial charge in [-0.05, 0) is 41.9 Å². The van der Waals surface area contributed by atoms with Crippen LogP contribution < -0.4 is 5.32 Å². The number of ether oxygens (including phenoxy) is 1. The minimum absolute atomic E-state index is 0.0300. The standard InChI is InChI=1S/C12H14BrCl2NO4S/c1-3-20-6-7(2)16-12(17)8-4-11(21(15,18)19)9(13)5-10(8)14/h4-5,7H,3,6H2,1-2H3,(H,16,17). The fraction of sp³-hybridized carbons (Fsp3) is 0.417. The molecule has 1 aromatic carbocycles. The Hall–Kier alpha value is -0.340. The molecule has 5 nitrogen and oxygen atoms in total. The Morgan fingerprint density at radius 1 is 1.48 bits per heavy atom. The van der Waals surface area contributed by atoms with Crippen molar-refractivity contribution < 1.29 is 17.9 Å². The summed E-state index contributed by atoms with van der Waals surface area (Å²) in [5.74, 6) is -0.499. The lowest BCUT2D eigenvalue weighted by Gasteiger charge is -2.15. The van der Waals surface area contributed by atoms with E-state index in [-0.39, 0.29) is 26.0 Å². The van der Waals surface area contributed by atoms with Crippen molar-refractivity contribution in [3.8, 4) is 0 Å². The van der Waals surface area contributed by atoms with Crippen molar-refractivity contribution in [3.05, 3.63) is 27.2 Å². The monoisotopic (exact) mass is 417 g/mol. The number of halogens is 3. The van der Waals surface area contributed by atoms with E-state index in [0.29, 0.717) is 13.2 Å². The molecule has 21 heavy (non-hydrogen) atoms. The van der Waals surface area contributed by atoms with Crippen LogP contribution in [0.25, 0.3) is 0 Å². The third-order valence-corrected chi connectivity index (χ3v) is 5.07. The maximum atomic E-state index is 12.1. The lowest BCUT2D eigenvalue weighted by atomic mass is 10.2. The summed E-state index contributed by atoms with van der Waals surface area (Å²) in [6.45, 7) is 4.49. The highest BCUT2D eigenvalue weighted by Crippen LogP contribution is 2.31. The maximum Gasteiger partial charge on any atom is 0.262 e. The SMILES string of the molecule is CCOCC(C)NC(=O)c1cc(S(=O)(=O)Cl)c(Br)cc1Cl. The first-order chi connectivity index (χ1) is 9.66. The van der Waals surface area contributed by atoms with Crippen LogP contribution in [0.2, 0.25) is 5.02 Å². The second kappa shape index (κ2) is 7.78. The minimum Gasteiger partial charge on any atom is -0.380 e. The summed E-state index contributed by atoms with van der Waals surface area (Å²) in [7, 11) is 1.33.